The molecular formula is C15H9ClO3. The van der Waals surface area contributed by atoms with Crippen LogP contribution >= 0.6 is 11.6 Å². The Labute approximate surface area is 114 Å². The molecule has 2 aromatic carbocycles. The van der Waals surface area contributed by atoms with Gasteiger partial charge in [-0.3, -0.25) is 9.59 Å². The molecule has 19 heavy (non-hydrogen) atoms. The molecule has 1 heterocycles. The molecule has 0 bridgehead atoms. The number of fused-ring (bicyclic) bond motifs is 1. The van der Waals surface area contributed by atoms with Crippen LogP contribution in [-0.2, 0) is 11.2 Å². The van der Waals surface area contributed by atoms with Crippen molar-refractivity contribution in [2.75, 3.05) is 0 Å². The summed E-state index contributed by atoms with van der Waals surface area (Å²) in [4.78, 5) is 23.4. The zero-order valence-electron chi connectivity index (χ0n) is 9.85. The number of hydrogen-bond acceptors (Lipinski definition) is 3. The van der Waals surface area contributed by atoms with Gasteiger partial charge in [-0.25, -0.2) is 0 Å². The number of carbonyl (C=O) groups is 2. The van der Waals surface area contributed by atoms with Crippen molar-refractivity contribution in [3.05, 3.63) is 64.2 Å². The monoisotopic (exact) mass is 272 g/mol. The van der Waals surface area contributed by atoms with Crippen LogP contribution in [0.2, 0.25) is 5.02 Å². The van der Waals surface area contributed by atoms with E-state index in [1.165, 1.54) is 0 Å². The fourth-order valence-corrected chi connectivity index (χ4v) is 2.14. The molecule has 0 amide bonds. The molecule has 4 heteroatoms. The highest BCUT2D eigenvalue weighted by Crippen LogP contribution is 2.28. The maximum absolute atomic E-state index is 12.3. The lowest BCUT2D eigenvalue weighted by molar-refractivity contribution is -0.131. The van der Waals surface area contributed by atoms with Gasteiger partial charge in [0.05, 0.1) is 6.42 Å². The third kappa shape index (κ3) is 2.25. The SMILES string of the molecule is O=C1Cc2ccc(C(=O)c3ccc(Cl)cc3)cc2O1. The normalized spacial score (nSPS) is 13.0. The van der Waals surface area contributed by atoms with E-state index in [-0.39, 0.29) is 18.2 Å². The summed E-state index contributed by atoms with van der Waals surface area (Å²) in [5.74, 6) is 0.0679. The number of benzene rings is 2. The van der Waals surface area contributed by atoms with Gasteiger partial charge in [-0.1, -0.05) is 23.7 Å². The molecule has 0 aromatic heterocycles. The van der Waals surface area contributed by atoms with Crippen molar-refractivity contribution < 1.29 is 14.3 Å². The van der Waals surface area contributed by atoms with Crippen molar-refractivity contribution in [3.8, 4) is 5.75 Å². The maximum Gasteiger partial charge on any atom is 0.315 e. The zero-order chi connectivity index (χ0) is 13.4. The lowest BCUT2D eigenvalue weighted by Crippen LogP contribution is -2.02. The molecular weight excluding hydrogens is 264 g/mol. The first-order valence-electron chi connectivity index (χ1n) is 5.77. The maximum atomic E-state index is 12.3. The van der Waals surface area contributed by atoms with Crippen molar-refractivity contribution in [2.45, 2.75) is 6.42 Å². The predicted octanol–water partition coefficient (Wildman–Crippen LogP) is 3.03. The van der Waals surface area contributed by atoms with Crippen LogP contribution in [-0.4, -0.2) is 11.8 Å². The highest BCUT2D eigenvalue weighted by Gasteiger charge is 2.21. The van der Waals surface area contributed by atoms with Crippen LogP contribution in [0, 0.1) is 0 Å². The summed E-state index contributed by atoms with van der Waals surface area (Å²) >= 11 is 5.79. The van der Waals surface area contributed by atoms with Gasteiger partial charge in [0.25, 0.3) is 0 Å². The van der Waals surface area contributed by atoms with Gasteiger partial charge in [0.2, 0.25) is 0 Å². The van der Waals surface area contributed by atoms with Gasteiger partial charge >= 0.3 is 5.97 Å². The second-order valence-corrected chi connectivity index (χ2v) is 4.75. The topological polar surface area (TPSA) is 43.4 Å². The van der Waals surface area contributed by atoms with E-state index in [9.17, 15) is 9.59 Å². The highest BCUT2D eigenvalue weighted by atomic mass is 35.5. The van der Waals surface area contributed by atoms with Gasteiger partial charge in [0.15, 0.2) is 5.78 Å². The van der Waals surface area contributed by atoms with Crippen molar-refractivity contribution in [1.29, 1.82) is 0 Å². The zero-order valence-corrected chi connectivity index (χ0v) is 10.6. The minimum Gasteiger partial charge on any atom is -0.426 e. The first-order valence-corrected chi connectivity index (χ1v) is 6.15. The quantitative estimate of drug-likeness (QED) is 0.479. The van der Waals surface area contributed by atoms with Crippen LogP contribution in [0.25, 0.3) is 0 Å². The molecule has 0 fully saturated rings. The van der Waals surface area contributed by atoms with Gasteiger partial charge in [0.1, 0.15) is 5.75 Å². The largest absolute Gasteiger partial charge is 0.426 e. The Bertz CT molecular complexity index is 674. The standard InChI is InChI=1S/C15H9ClO3/c16-12-5-3-9(4-6-12)15(18)11-2-1-10-8-14(17)19-13(10)7-11/h1-7H,8H2. The molecule has 3 nitrogen and oxygen atoms in total. The van der Waals surface area contributed by atoms with Gasteiger partial charge in [-0.05, 0) is 30.3 Å². The van der Waals surface area contributed by atoms with Crippen LogP contribution < -0.4 is 4.74 Å². The van der Waals surface area contributed by atoms with Gasteiger partial charge in [-0.2, -0.15) is 0 Å². The van der Waals surface area contributed by atoms with Crippen LogP contribution in [0.4, 0.5) is 0 Å². The second kappa shape index (κ2) is 4.52. The Morgan fingerprint density at radius 2 is 1.74 bits per heavy atom. The van der Waals surface area contributed by atoms with Crippen LogP contribution in [0.1, 0.15) is 21.5 Å². The Balaban J connectivity index is 1.95. The summed E-state index contributed by atoms with van der Waals surface area (Å²) in [6.07, 6.45) is 0.269. The molecule has 94 valence electrons. The third-order valence-corrected chi connectivity index (χ3v) is 3.25. The summed E-state index contributed by atoms with van der Waals surface area (Å²) < 4.78 is 5.04. The number of rotatable bonds is 2. The van der Waals surface area contributed by atoms with E-state index in [0.29, 0.717) is 21.9 Å². The molecule has 2 aromatic rings. The molecule has 1 aliphatic heterocycles. The summed E-state index contributed by atoms with van der Waals surface area (Å²) in [5.41, 5.74) is 1.86. The Kier molecular flexibility index (Phi) is 2.84. The first kappa shape index (κ1) is 11.9. The highest BCUT2D eigenvalue weighted by molar-refractivity contribution is 6.30. The Hall–Kier alpha value is -2.13. The fourth-order valence-electron chi connectivity index (χ4n) is 2.02. The van der Waals surface area contributed by atoms with Gasteiger partial charge in [0, 0.05) is 21.7 Å². The number of esters is 1. The fraction of sp³-hybridized carbons (Fsp3) is 0.0667. The van der Waals surface area contributed by atoms with E-state index >= 15 is 0 Å². The smallest absolute Gasteiger partial charge is 0.315 e. The summed E-state index contributed by atoms with van der Waals surface area (Å²) in [7, 11) is 0. The number of carbonyl (C=O) groups excluding carboxylic acids is 2. The Morgan fingerprint density at radius 3 is 2.47 bits per heavy atom. The minimum atomic E-state index is -0.286. The van der Waals surface area contributed by atoms with Crippen LogP contribution in [0.3, 0.4) is 0 Å². The van der Waals surface area contributed by atoms with E-state index in [1.807, 2.05) is 0 Å². The van der Waals surface area contributed by atoms with Crippen LogP contribution in [0.15, 0.2) is 42.5 Å². The molecule has 0 aliphatic carbocycles. The van der Waals surface area contributed by atoms with Crippen molar-refractivity contribution in [3.63, 3.8) is 0 Å². The summed E-state index contributed by atoms with van der Waals surface area (Å²) in [5, 5.41) is 0.583. The minimum absolute atomic E-state index is 0.123. The summed E-state index contributed by atoms with van der Waals surface area (Å²) in [6, 6.07) is 11.7. The number of halogens is 1. The lowest BCUT2D eigenvalue weighted by Gasteiger charge is -2.03. The molecule has 0 saturated carbocycles. The summed E-state index contributed by atoms with van der Waals surface area (Å²) in [6.45, 7) is 0. The van der Waals surface area contributed by atoms with E-state index in [2.05, 4.69) is 0 Å². The molecule has 3 rings (SSSR count). The molecule has 0 saturated heterocycles. The second-order valence-electron chi connectivity index (χ2n) is 4.31. The number of ketones is 1. The third-order valence-electron chi connectivity index (χ3n) is 2.99. The Morgan fingerprint density at radius 1 is 1.05 bits per heavy atom. The average Bonchev–Trinajstić information content (AvgIpc) is 2.77. The molecule has 0 unspecified atom stereocenters. The average molecular weight is 273 g/mol. The van der Waals surface area contributed by atoms with E-state index in [1.54, 1.807) is 42.5 Å². The van der Waals surface area contributed by atoms with Gasteiger partial charge < -0.3 is 4.74 Å². The van der Waals surface area contributed by atoms with E-state index in [0.717, 1.165) is 5.56 Å². The lowest BCUT2D eigenvalue weighted by atomic mass is 10.0. The number of ether oxygens (including phenoxy) is 1. The number of hydrogen-bond donors (Lipinski definition) is 0. The van der Waals surface area contributed by atoms with Crippen molar-refractivity contribution >= 4 is 23.4 Å². The van der Waals surface area contributed by atoms with Crippen LogP contribution in [0.5, 0.6) is 5.75 Å². The molecule has 1 aliphatic rings. The van der Waals surface area contributed by atoms with Crippen molar-refractivity contribution in [1.82, 2.24) is 0 Å². The van der Waals surface area contributed by atoms with Crippen molar-refractivity contribution in [2.24, 2.45) is 0 Å². The molecule has 0 radical (unpaired) electrons. The van der Waals surface area contributed by atoms with E-state index < -0.39 is 0 Å². The first-order chi connectivity index (χ1) is 9.13. The van der Waals surface area contributed by atoms with Gasteiger partial charge in [-0.15, -0.1) is 0 Å². The molecule has 0 spiro atoms. The van der Waals surface area contributed by atoms with E-state index in [4.69, 9.17) is 16.3 Å². The predicted molar refractivity (Wildman–Crippen MR) is 70.7 cm³/mol. The molecule has 0 N–H and O–H groups in total. The molecule has 0 atom stereocenters.